The monoisotopic (exact) mass is 479 g/mol. The van der Waals surface area contributed by atoms with Gasteiger partial charge in [0, 0.05) is 46.0 Å². The number of carbonyl (C=O) groups is 1. The number of halogens is 1. The number of ether oxygens (including phenoxy) is 2. The van der Waals surface area contributed by atoms with Crippen molar-refractivity contribution >= 4 is 41.7 Å². The van der Waals surface area contributed by atoms with E-state index in [1.165, 1.54) is 0 Å². The molecule has 3 N–H and O–H groups in total. The van der Waals surface area contributed by atoms with E-state index in [1.807, 2.05) is 19.1 Å². The third-order valence-corrected chi connectivity index (χ3v) is 3.21. The van der Waals surface area contributed by atoms with Gasteiger partial charge in [-0.05, 0) is 25.5 Å². The second-order valence-electron chi connectivity index (χ2n) is 5.35. The van der Waals surface area contributed by atoms with Gasteiger partial charge >= 0.3 is 0 Å². The molecule has 1 aromatic rings. The predicted octanol–water partition coefficient (Wildman–Crippen LogP) is 1.55. The van der Waals surface area contributed by atoms with Gasteiger partial charge in [-0.3, -0.25) is 9.79 Å². The summed E-state index contributed by atoms with van der Waals surface area (Å²) in [6.45, 7) is 4.99. The average Bonchev–Trinajstić information content (AvgIpc) is 2.59. The number of amides is 1. The van der Waals surface area contributed by atoms with E-state index in [2.05, 4.69) is 25.9 Å². The number of aryl methyl sites for hydroxylation is 1. The molecule has 0 aliphatic heterocycles. The van der Waals surface area contributed by atoms with Crippen LogP contribution >= 0.6 is 24.0 Å². The van der Waals surface area contributed by atoms with Gasteiger partial charge in [-0.1, -0.05) is 6.07 Å². The van der Waals surface area contributed by atoms with Crippen molar-refractivity contribution in [2.75, 3.05) is 52.4 Å². The first-order chi connectivity index (χ1) is 12.2. The number of hydrogen-bond donors (Lipinski definition) is 3. The molecule has 0 radical (unpaired) electrons. The van der Waals surface area contributed by atoms with Crippen LogP contribution < -0.4 is 16.0 Å². The van der Waals surface area contributed by atoms with Gasteiger partial charge < -0.3 is 25.4 Å². The summed E-state index contributed by atoms with van der Waals surface area (Å²) in [6.07, 6.45) is 1.19. The van der Waals surface area contributed by atoms with Crippen LogP contribution in [-0.2, 0) is 14.3 Å². The highest BCUT2D eigenvalue weighted by molar-refractivity contribution is 14.0. The Morgan fingerprint density at radius 1 is 1.19 bits per heavy atom. The SMILES string of the molecule is CN=C(NCCCOCCOC)NCCC(=O)Nc1cccc(C)n1.I. The van der Waals surface area contributed by atoms with Gasteiger partial charge in [0.1, 0.15) is 5.82 Å². The van der Waals surface area contributed by atoms with Gasteiger partial charge in [0.05, 0.1) is 13.2 Å². The highest BCUT2D eigenvalue weighted by Crippen LogP contribution is 2.03. The Morgan fingerprint density at radius 2 is 1.96 bits per heavy atom. The fraction of sp³-hybridized carbons (Fsp3) is 0.588. The quantitative estimate of drug-likeness (QED) is 0.193. The Labute approximate surface area is 172 Å². The molecule has 0 unspecified atom stereocenters. The lowest BCUT2D eigenvalue weighted by molar-refractivity contribution is -0.116. The van der Waals surface area contributed by atoms with Crippen LogP contribution in [0.1, 0.15) is 18.5 Å². The van der Waals surface area contributed by atoms with Crippen LogP contribution in [0.5, 0.6) is 0 Å². The molecule has 1 heterocycles. The van der Waals surface area contributed by atoms with Gasteiger partial charge in [-0.2, -0.15) is 0 Å². The van der Waals surface area contributed by atoms with E-state index in [9.17, 15) is 4.79 Å². The summed E-state index contributed by atoms with van der Waals surface area (Å²) in [5, 5.41) is 9.05. The summed E-state index contributed by atoms with van der Waals surface area (Å²) in [5.74, 6) is 1.15. The molecule has 0 atom stereocenters. The summed E-state index contributed by atoms with van der Waals surface area (Å²) in [7, 11) is 3.35. The maximum absolute atomic E-state index is 11.9. The molecule has 0 saturated carbocycles. The predicted molar refractivity (Wildman–Crippen MR) is 114 cm³/mol. The van der Waals surface area contributed by atoms with Crippen molar-refractivity contribution in [3.8, 4) is 0 Å². The zero-order chi connectivity index (χ0) is 18.3. The first-order valence-electron chi connectivity index (χ1n) is 8.40. The normalized spacial score (nSPS) is 10.8. The molecule has 0 aliphatic carbocycles. The minimum Gasteiger partial charge on any atom is -0.382 e. The van der Waals surface area contributed by atoms with Crippen molar-refractivity contribution in [1.29, 1.82) is 0 Å². The smallest absolute Gasteiger partial charge is 0.227 e. The average molecular weight is 479 g/mol. The number of nitrogens with zero attached hydrogens (tertiary/aromatic N) is 2. The second kappa shape index (κ2) is 15.8. The van der Waals surface area contributed by atoms with Gasteiger partial charge in [-0.25, -0.2) is 4.98 Å². The molecule has 8 nitrogen and oxygen atoms in total. The van der Waals surface area contributed by atoms with E-state index in [1.54, 1.807) is 20.2 Å². The Morgan fingerprint density at radius 3 is 2.65 bits per heavy atom. The highest BCUT2D eigenvalue weighted by Gasteiger charge is 2.04. The van der Waals surface area contributed by atoms with Gasteiger partial charge in [0.25, 0.3) is 0 Å². The van der Waals surface area contributed by atoms with E-state index in [0.29, 0.717) is 44.6 Å². The zero-order valence-electron chi connectivity index (χ0n) is 15.7. The Hall–Kier alpha value is -1.46. The summed E-state index contributed by atoms with van der Waals surface area (Å²) in [4.78, 5) is 20.3. The number of anilines is 1. The van der Waals surface area contributed by atoms with E-state index >= 15 is 0 Å². The molecule has 148 valence electrons. The van der Waals surface area contributed by atoms with E-state index in [0.717, 1.165) is 18.7 Å². The van der Waals surface area contributed by atoms with E-state index < -0.39 is 0 Å². The van der Waals surface area contributed by atoms with Crippen molar-refractivity contribution in [3.63, 3.8) is 0 Å². The Bertz CT molecular complexity index is 543. The van der Waals surface area contributed by atoms with Crippen molar-refractivity contribution < 1.29 is 14.3 Å². The third-order valence-electron chi connectivity index (χ3n) is 3.21. The maximum Gasteiger partial charge on any atom is 0.227 e. The van der Waals surface area contributed by atoms with Crippen LogP contribution in [0.4, 0.5) is 5.82 Å². The minimum absolute atomic E-state index is 0. The molecular weight excluding hydrogens is 449 g/mol. The second-order valence-corrected chi connectivity index (χ2v) is 5.35. The lowest BCUT2D eigenvalue weighted by Crippen LogP contribution is -2.39. The number of hydrogen-bond acceptors (Lipinski definition) is 5. The fourth-order valence-electron chi connectivity index (χ4n) is 1.96. The number of aliphatic imine (C=N–C) groups is 1. The number of rotatable bonds is 11. The van der Waals surface area contributed by atoms with Crippen LogP contribution in [0.25, 0.3) is 0 Å². The molecule has 1 rings (SSSR count). The topological polar surface area (TPSA) is 96.9 Å². The largest absolute Gasteiger partial charge is 0.382 e. The van der Waals surface area contributed by atoms with Crippen LogP contribution in [0.15, 0.2) is 23.2 Å². The van der Waals surface area contributed by atoms with Crippen LogP contribution in [0, 0.1) is 6.92 Å². The Balaban J connectivity index is 0.00000625. The van der Waals surface area contributed by atoms with Gasteiger partial charge in [-0.15, -0.1) is 24.0 Å². The van der Waals surface area contributed by atoms with Crippen molar-refractivity contribution in [3.05, 3.63) is 23.9 Å². The number of carbonyl (C=O) groups excluding carboxylic acids is 1. The molecule has 0 aliphatic rings. The maximum atomic E-state index is 11.9. The van der Waals surface area contributed by atoms with Crippen LogP contribution in [0.2, 0.25) is 0 Å². The first-order valence-corrected chi connectivity index (χ1v) is 8.40. The standard InChI is InChI=1S/C17H29N5O3.HI/c1-14-6-4-7-15(21-14)22-16(23)8-10-20-17(18-2)19-9-5-11-25-13-12-24-3;/h4,6-7H,5,8-13H2,1-3H3,(H2,18,19,20)(H,21,22,23);1H. The number of guanidine groups is 1. The number of aromatic nitrogens is 1. The fourth-order valence-corrected chi connectivity index (χ4v) is 1.96. The molecule has 9 heteroatoms. The minimum atomic E-state index is -0.0902. The van der Waals surface area contributed by atoms with Gasteiger partial charge in [0.15, 0.2) is 5.96 Å². The molecule has 1 aromatic heterocycles. The number of methoxy groups -OCH3 is 1. The summed E-state index contributed by atoms with van der Waals surface area (Å²) in [6, 6.07) is 5.52. The molecule has 0 bridgehead atoms. The van der Waals surface area contributed by atoms with Crippen molar-refractivity contribution in [2.24, 2.45) is 4.99 Å². The van der Waals surface area contributed by atoms with Crippen molar-refractivity contribution in [2.45, 2.75) is 19.8 Å². The summed E-state index contributed by atoms with van der Waals surface area (Å²) < 4.78 is 10.3. The lowest BCUT2D eigenvalue weighted by Gasteiger charge is -2.12. The molecular formula is C17H30IN5O3. The molecule has 0 saturated heterocycles. The first kappa shape index (κ1) is 24.5. The summed E-state index contributed by atoms with van der Waals surface area (Å²) >= 11 is 0. The van der Waals surface area contributed by atoms with E-state index in [4.69, 9.17) is 9.47 Å². The molecule has 0 fully saturated rings. The van der Waals surface area contributed by atoms with Crippen LogP contribution in [-0.4, -0.2) is 63.9 Å². The molecule has 0 spiro atoms. The molecule has 1 amide bonds. The van der Waals surface area contributed by atoms with Crippen LogP contribution in [0.3, 0.4) is 0 Å². The van der Waals surface area contributed by atoms with Gasteiger partial charge in [0.2, 0.25) is 5.91 Å². The third kappa shape index (κ3) is 12.0. The number of pyridine rings is 1. The zero-order valence-corrected chi connectivity index (χ0v) is 18.0. The number of nitrogens with one attached hydrogen (secondary N) is 3. The summed E-state index contributed by atoms with van der Waals surface area (Å²) in [5.41, 5.74) is 0.867. The molecule has 0 aromatic carbocycles. The molecule has 26 heavy (non-hydrogen) atoms. The highest BCUT2D eigenvalue weighted by atomic mass is 127. The lowest BCUT2D eigenvalue weighted by atomic mass is 10.3. The van der Waals surface area contributed by atoms with E-state index in [-0.39, 0.29) is 29.9 Å². The Kier molecular flexibility index (Phi) is 14.9. The van der Waals surface area contributed by atoms with Crippen molar-refractivity contribution in [1.82, 2.24) is 15.6 Å².